The number of benzene rings is 2. The van der Waals surface area contributed by atoms with Crippen LogP contribution in [0.25, 0.3) is 0 Å². The SMILES string of the molecule is CN(C)c1ccc(CNCc2ccccc2Cn2cccn2)cc1. The number of hydrogen-bond donors (Lipinski definition) is 1. The van der Waals surface area contributed by atoms with Gasteiger partial charge in [-0.2, -0.15) is 5.10 Å². The van der Waals surface area contributed by atoms with E-state index in [1.807, 2.05) is 23.1 Å². The van der Waals surface area contributed by atoms with Crippen LogP contribution in [0.5, 0.6) is 0 Å². The van der Waals surface area contributed by atoms with Crippen molar-refractivity contribution in [2.24, 2.45) is 0 Å². The molecular weight excluding hydrogens is 296 g/mol. The van der Waals surface area contributed by atoms with Gasteiger partial charge in [0.15, 0.2) is 0 Å². The number of nitrogens with one attached hydrogen (secondary N) is 1. The van der Waals surface area contributed by atoms with Crippen LogP contribution in [0.4, 0.5) is 5.69 Å². The van der Waals surface area contributed by atoms with Crippen molar-refractivity contribution in [2.45, 2.75) is 19.6 Å². The van der Waals surface area contributed by atoms with Gasteiger partial charge in [0.2, 0.25) is 0 Å². The van der Waals surface area contributed by atoms with E-state index in [9.17, 15) is 0 Å². The standard InChI is InChI=1S/C20H24N4/c1-23(2)20-10-8-17(9-11-20)14-21-15-18-6-3-4-7-19(18)16-24-13-5-12-22-24/h3-13,21H,14-16H2,1-2H3. The second-order valence-corrected chi connectivity index (χ2v) is 6.14. The van der Waals surface area contributed by atoms with Crippen molar-refractivity contribution in [2.75, 3.05) is 19.0 Å². The summed E-state index contributed by atoms with van der Waals surface area (Å²) in [5, 5.41) is 7.84. The number of hydrogen-bond acceptors (Lipinski definition) is 3. The summed E-state index contributed by atoms with van der Waals surface area (Å²) >= 11 is 0. The van der Waals surface area contributed by atoms with Crippen molar-refractivity contribution in [3.8, 4) is 0 Å². The highest BCUT2D eigenvalue weighted by atomic mass is 15.3. The van der Waals surface area contributed by atoms with Gasteiger partial charge in [0.05, 0.1) is 6.54 Å². The molecule has 1 heterocycles. The minimum atomic E-state index is 0.808. The van der Waals surface area contributed by atoms with Crippen LogP contribution in [0.3, 0.4) is 0 Å². The van der Waals surface area contributed by atoms with Gasteiger partial charge in [-0.15, -0.1) is 0 Å². The molecule has 0 saturated carbocycles. The van der Waals surface area contributed by atoms with Gasteiger partial charge in [-0.05, 0) is 34.9 Å². The third-order valence-corrected chi connectivity index (χ3v) is 4.11. The average molecular weight is 320 g/mol. The zero-order valence-corrected chi connectivity index (χ0v) is 14.3. The molecule has 2 aromatic carbocycles. The molecule has 0 bridgehead atoms. The lowest BCUT2D eigenvalue weighted by atomic mass is 10.1. The van der Waals surface area contributed by atoms with Crippen LogP contribution in [-0.2, 0) is 19.6 Å². The van der Waals surface area contributed by atoms with Crippen molar-refractivity contribution in [3.63, 3.8) is 0 Å². The summed E-state index contributed by atoms with van der Waals surface area (Å²) in [6, 6.07) is 19.2. The van der Waals surface area contributed by atoms with E-state index < -0.39 is 0 Å². The molecule has 24 heavy (non-hydrogen) atoms. The maximum Gasteiger partial charge on any atom is 0.0662 e. The number of anilines is 1. The molecule has 4 heteroatoms. The van der Waals surface area contributed by atoms with Gasteiger partial charge >= 0.3 is 0 Å². The van der Waals surface area contributed by atoms with E-state index in [-0.39, 0.29) is 0 Å². The summed E-state index contributed by atoms with van der Waals surface area (Å²) in [6.07, 6.45) is 3.81. The highest BCUT2D eigenvalue weighted by molar-refractivity contribution is 5.46. The molecule has 0 aliphatic heterocycles. The fourth-order valence-electron chi connectivity index (χ4n) is 2.71. The van der Waals surface area contributed by atoms with Crippen molar-refractivity contribution in [1.82, 2.24) is 15.1 Å². The molecule has 1 aromatic heterocycles. The molecule has 0 radical (unpaired) electrons. The van der Waals surface area contributed by atoms with E-state index in [1.165, 1.54) is 22.4 Å². The Kier molecular flexibility index (Phi) is 5.29. The molecule has 4 nitrogen and oxygen atoms in total. The van der Waals surface area contributed by atoms with E-state index in [2.05, 4.69) is 77.9 Å². The van der Waals surface area contributed by atoms with Crippen molar-refractivity contribution < 1.29 is 0 Å². The first-order chi connectivity index (χ1) is 11.7. The Morgan fingerprint density at radius 1 is 0.917 bits per heavy atom. The highest BCUT2D eigenvalue weighted by Gasteiger charge is 2.03. The zero-order valence-electron chi connectivity index (χ0n) is 14.3. The molecule has 0 aliphatic carbocycles. The lowest BCUT2D eigenvalue weighted by molar-refractivity contribution is 0.656. The normalized spacial score (nSPS) is 10.8. The monoisotopic (exact) mass is 320 g/mol. The Morgan fingerprint density at radius 3 is 2.33 bits per heavy atom. The van der Waals surface area contributed by atoms with E-state index in [0.717, 1.165) is 19.6 Å². The van der Waals surface area contributed by atoms with Crippen LogP contribution < -0.4 is 10.2 Å². The highest BCUT2D eigenvalue weighted by Crippen LogP contribution is 2.13. The Bertz CT molecular complexity index is 746. The third kappa shape index (κ3) is 4.24. The summed E-state index contributed by atoms with van der Waals surface area (Å²) in [7, 11) is 4.12. The summed E-state index contributed by atoms with van der Waals surface area (Å²) < 4.78 is 1.96. The predicted molar refractivity (Wildman–Crippen MR) is 99.1 cm³/mol. The third-order valence-electron chi connectivity index (χ3n) is 4.11. The second-order valence-electron chi connectivity index (χ2n) is 6.14. The largest absolute Gasteiger partial charge is 0.378 e. The first-order valence-corrected chi connectivity index (χ1v) is 8.23. The minimum absolute atomic E-state index is 0.808. The molecule has 0 amide bonds. The molecule has 124 valence electrons. The first-order valence-electron chi connectivity index (χ1n) is 8.23. The first kappa shape index (κ1) is 16.3. The number of rotatable bonds is 7. The fraction of sp³-hybridized carbons (Fsp3) is 0.250. The van der Waals surface area contributed by atoms with Gasteiger partial charge in [0.25, 0.3) is 0 Å². The predicted octanol–water partition coefficient (Wildman–Crippen LogP) is 3.29. The van der Waals surface area contributed by atoms with Gasteiger partial charge in [-0.25, -0.2) is 0 Å². The summed E-state index contributed by atoms with van der Waals surface area (Å²) in [4.78, 5) is 2.11. The Hall–Kier alpha value is -2.59. The molecule has 0 spiro atoms. The lowest BCUT2D eigenvalue weighted by Gasteiger charge is -2.13. The molecule has 3 aromatic rings. The Balaban J connectivity index is 1.58. The summed E-state index contributed by atoms with van der Waals surface area (Å²) in [6.45, 7) is 2.53. The van der Waals surface area contributed by atoms with E-state index in [0.29, 0.717) is 0 Å². The van der Waals surface area contributed by atoms with Gasteiger partial charge < -0.3 is 10.2 Å². The van der Waals surface area contributed by atoms with E-state index in [4.69, 9.17) is 0 Å². The van der Waals surface area contributed by atoms with Crippen LogP contribution in [0.1, 0.15) is 16.7 Å². The quantitative estimate of drug-likeness (QED) is 0.725. The van der Waals surface area contributed by atoms with Crippen LogP contribution >= 0.6 is 0 Å². The summed E-state index contributed by atoms with van der Waals surface area (Å²) in [5.74, 6) is 0. The number of aromatic nitrogens is 2. The van der Waals surface area contributed by atoms with E-state index >= 15 is 0 Å². The van der Waals surface area contributed by atoms with E-state index in [1.54, 1.807) is 0 Å². The maximum atomic E-state index is 4.30. The molecule has 0 fully saturated rings. The van der Waals surface area contributed by atoms with Crippen LogP contribution in [0, 0.1) is 0 Å². The van der Waals surface area contributed by atoms with Crippen LogP contribution in [-0.4, -0.2) is 23.9 Å². The van der Waals surface area contributed by atoms with Gasteiger partial charge in [0, 0.05) is 45.3 Å². The molecule has 1 N–H and O–H groups in total. The molecule has 3 rings (SSSR count). The molecule has 0 unspecified atom stereocenters. The lowest BCUT2D eigenvalue weighted by Crippen LogP contribution is -2.15. The molecule has 0 saturated heterocycles. The van der Waals surface area contributed by atoms with Crippen molar-refractivity contribution in [3.05, 3.63) is 83.7 Å². The number of nitrogens with zero attached hydrogens (tertiary/aromatic N) is 3. The van der Waals surface area contributed by atoms with Crippen molar-refractivity contribution in [1.29, 1.82) is 0 Å². The zero-order chi connectivity index (χ0) is 16.8. The average Bonchev–Trinajstić information content (AvgIpc) is 3.10. The molecule has 0 aliphatic rings. The second kappa shape index (κ2) is 7.79. The van der Waals surface area contributed by atoms with Crippen molar-refractivity contribution >= 4 is 5.69 Å². The van der Waals surface area contributed by atoms with Crippen LogP contribution in [0.15, 0.2) is 67.0 Å². The van der Waals surface area contributed by atoms with Crippen LogP contribution in [0.2, 0.25) is 0 Å². The maximum absolute atomic E-state index is 4.30. The smallest absolute Gasteiger partial charge is 0.0662 e. The van der Waals surface area contributed by atoms with Gasteiger partial charge in [-0.3, -0.25) is 4.68 Å². The summed E-state index contributed by atoms with van der Waals surface area (Å²) in [5.41, 5.74) is 5.14. The minimum Gasteiger partial charge on any atom is -0.378 e. The molecule has 0 atom stereocenters. The molecular formula is C20H24N4. The Labute approximate surface area is 143 Å². The van der Waals surface area contributed by atoms with Gasteiger partial charge in [0.1, 0.15) is 0 Å². The fourth-order valence-corrected chi connectivity index (χ4v) is 2.71. The Morgan fingerprint density at radius 2 is 1.67 bits per heavy atom. The topological polar surface area (TPSA) is 33.1 Å². The van der Waals surface area contributed by atoms with Gasteiger partial charge in [-0.1, -0.05) is 36.4 Å².